The molecule has 3 unspecified atom stereocenters. The molecule has 0 saturated heterocycles. The first-order valence-electron chi connectivity index (χ1n) is 13.7. The van der Waals surface area contributed by atoms with Gasteiger partial charge in [-0.2, -0.15) is 12.6 Å². The van der Waals surface area contributed by atoms with Gasteiger partial charge in [-0.15, -0.1) is 0 Å². The minimum absolute atomic E-state index is 0.0285. The van der Waals surface area contributed by atoms with E-state index in [9.17, 15) is 38.4 Å². The van der Waals surface area contributed by atoms with Crippen molar-refractivity contribution in [1.29, 1.82) is 0 Å². The molecule has 2 rings (SSSR count). The predicted molar refractivity (Wildman–Crippen MR) is 176 cm³/mol. The lowest BCUT2D eigenvalue weighted by atomic mass is 10.2. The predicted octanol–water partition coefficient (Wildman–Crippen LogP) is 1.56. The highest BCUT2D eigenvalue weighted by atomic mass is 32.2. The van der Waals surface area contributed by atoms with Crippen molar-refractivity contribution in [2.75, 3.05) is 24.4 Å². The molecule has 0 spiro atoms. The normalized spacial score (nSPS) is 12.4. The molecule has 3 atom stereocenters. The Bertz CT molecular complexity index is 1520. The highest BCUT2D eigenvalue weighted by Gasteiger charge is 2.28. The number of carbonyl (C=O) groups is 8. The van der Waals surface area contributed by atoms with Crippen LogP contribution in [0.3, 0.4) is 0 Å². The van der Waals surface area contributed by atoms with E-state index < -0.39 is 64.0 Å². The van der Waals surface area contributed by atoms with E-state index in [0.29, 0.717) is 23.5 Å². The highest BCUT2D eigenvalue weighted by molar-refractivity contribution is 8.15. The number of ether oxygens (including phenoxy) is 3. The van der Waals surface area contributed by atoms with Crippen molar-refractivity contribution in [3.8, 4) is 11.5 Å². The van der Waals surface area contributed by atoms with Crippen molar-refractivity contribution in [2.45, 2.75) is 38.9 Å². The maximum Gasteiger partial charge on any atom is 0.347 e. The molecular weight excluding hydrogens is 675 g/mol. The van der Waals surface area contributed by atoms with Crippen molar-refractivity contribution in [2.24, 2.45) is 0 Å². The van der Waals surface area contributed by atoms with Crippen LogP contribution >= 0.6 is 36.2 Å². The van der Waals surface area contributed by atoms with Gasteiger partial charge in [-0.3, -0.25) is 24.0 Å². The zero-order valence-corrected chi connectivity index (χ0v) is 28.3. The van der Waals surface area contributed by atoms with E-state index in [2.05, 4.69) is 33.3 Å². The van der Waals surface area contributed by atoms with Gasteiger partial charge >= 0.3 is 17.9 Å². The van der Waals surface area contributed by atoms with Crippen molar-refractivity contribution in [3.05, 3.63) is 59.7 Å². The fraction of sp³-hybridized carbons (Fsp3) is 0.333. The topological polar surface area (TPSA) is 200 Å². The third kappa shape index (κ3) is 12.8. The number of benzene rings is 2. The van der Waals surface area contributed by atoms with E-state index >= 15 is 0 Å². The number of carbonyl (C=O) groups excluding carboxylic acids is 8. The molecular formula is C30H33N3O11S3. The zero-order chi connectivity index (χ0) is 35.1. The molecule has 47 heavy (non-hydrogen) atoms. The summed E-state index contributed by atoms with van der Waals surface area (Å²) in [5, 5.41) is 6.06. The summed E-state index contributed by atoms with van der Waals surface area (Å²) in [5.41, 5.74) is -0.173. The van der Waals surface area contributed by atoms with Crippen LogP contribution in [0.15, 0.2) is 48.5 Å². The summed E-state index contributed by atoms with van der Waals surface area (Å²) in [4.78, 5) is 98.6. The largest absolute Gasteiger partial charge is 0.467 e. The maximum absolute atomic E-state index is 13.2. The van der Waals surface area contributed by atoms with Crippen LogP contribution in [-0.2, 0) is 33.5 Å². The van der Waals surface area contributed by atoms with Crippen molar-refractivity contribution in [3.63, 3.8) is 0 Å². The molecule has 0 heterocycles. The Morgan fingerprint density at radius 3 is 1.70 bits per heavy atom. The summed E-state index contributed by atoms with van der Waals surface area (Å²) in [6.07, 6.45) is 0. The van der Waals surface area contributed by atoms with E-state index in [1.807, 2.05) is 0 Å². The smallest absolute Gasteiger partial charge is 0.347 e. The minimum atomic E-state index is -1.16. The molecule has 17 heteroatoms. The molecule has 0 aromatic heterocycles. The molecule has 0 bridgehead atoms. The first-order valence-corrected chi connectivity index (χ1v) is 16.3. The number of thioether (sulfide) groups is 2. The number of amides is 3. The number of hydrogen-bond donors (Lipinski definition) is 4. The van der Waals surface area contributed by atoms with Crippen LogP contribution in [-0.4, -0.2) is 88.4 Å². The van der Waals surface area contributed by atoms with Crippen molar-refractivity contribution in [1.82, 2.24) is 16.0 Å². The van der Waals surface area contributed by atoms with Gasteiger partial charge in [0.15, 0.2) is 0 Å². The van der Waals surface area contributed by atoms with Gasteiger partial charge in [-0.1, -0.05) is 47.8 Å². The lowest BCUT2D eigenvalue weighted by Crippen LogP contribution is -2.44. The lowest BCUT2D eigenvalue weighted by molar-refractivity contribution is -0.144. The van der Waals surface area contributed by atoms with Crippen LogP contribution in [0.4, 0.5) is 0 Å². The summed E-state index contributed by atoms with van der Waals surface area (Å²) in [7, 11) is 1.13. The van der Waals surface area contributed by atoms with E-state index in [4.69, 9.17) is 9.47 Å². The fourth-order valence-electron chi connectivity index (χ4n) is 3.68. The maximum atomic E-state index is 13.2. The number of methoxy groups -OCH3 is 1. The molecule has 3 N–H and O–H groups in total. The van der Waals surface area contributed by atoms with Gasteiger partial charge in [0.05, 0.1) is 12.7 Å². The summed E-state index contributed by atoms with van der Waals surface area (Å²) in [6, 6.07) is 8.19. The van der Waals surface area contributed by atoms with Crippen molar-refractivity contribution < 1.29 is 52.6 Å². The molecule has 14 nitrogen and oxygen atoms in total. The highest BCUT2D eigenvalue weighted by Crippen LogP contribution is 2.27. The second-order valence-electron chi connectivity index (χ2n) is 9.50. The molecule has 0 saturated carbocycles. The number of para-hydroxylation sites is 2. The van der Waals surface area contributed by atoms with Crippen LogP contribution < -0.4 is 25.4 Å². The molecule has 2 aromatic carbocycles. The molecule has 0 aliphatic heterocycles. The third-order valence-corrected chi connectivity index (χ3v) is 8.19. The van der Waals surface area contributed by atoms with E-state index in [1.54, 1.807) is 0 Å². The average Bonchev–Trinajstić information content (AvgIpc) is 3.03. The second kappa shape index (κ2) is 19.3. The molecule has 0 fully saturated rings. The average molecular weight is 708 g/mol. The van der Waals surface area contributed by atoms with Gasteiger partial charge in [0.2, 0.25) is 28.0 Å². The van der Waals surface area contributed by atoms with Gasteiger partial charge in [-0.25, -0.2) is 14.4 Å². The summed E-state index contributed by atoms with van der Waals surface area (Å²) < 4.78 is 15.5. The first kappa shape index (κ1) is 38.8. The summed E-state index contributed by atoms with van der Waals surface area (Å²) in [6.45, 7) is 3.61. The van der Waals surface area contributed by atoms with Crippen LogP contribution in [0.5, 0.6) is 11.5 Å². The molecule has 3 amide bonds. The van der Waals surface area contributed by atoms with Gasteiger partial charge in [0.25, 0.3) is 0 Å². The standard InChI is InChI=1S/C30H33N3O11S3/c1-16(34)31-21(13-45)28(39)44-24-11-7-5-9-19(24)26(37)43-25-12-8-6-10-20(25)29(40)46-15-23(33-18(3)36)30(41)47-14-22(27(38)42-4)32-17(2)35/h5-12,21-23,45H,13-15H2,1-4H3,(H,31,34)(H,32,35)(H,33,36). The fourth-order valence-corrected chi connectivity index (χ4v) is 5.80. The van der Waals surface area contributed by atoms with Crippen LogP contribution in [0.1, 0.15) is 41.5 Å². The van der Waals surface area contributed by atoms with Crippen LogP contribution in [0.25, 0.3) is 0 Å². The molecule has 0 aliphatic carbocycles. The Morgan fingerprint density at radius 2 is 1.15 bits per heavy atom. The number of rotatable bonds is 15. The molecule has 252 valence electrons. The van der Waals surface area contributed by atoms with Gasteiger partial charge < -0.3 is 30.2 Å². The number of nitrogens with one attached hydrogen (secondary N) is 3. The Kier molecular flexibility index (Phi) is 16.0. The summed E-state index contributed by atoms with van der Waals surface area (Å²) in [5.74, 6) is -4.86. The lowest BCUT2D eigenvalue weighted by Gasteiger charge is -2.18. The van der Waals surface area contributed by atoms with E-state index in [-0.39, 0.29) is 39.9 Å². The molecule has 0 radical (unpaired) electrons. The molecule has 0 aliphatic rings. The van der Waals surface area contributed by atoms with E-state index in [0.717, 1.165) is 7.11 Å². The van der Waals surface area contributed by atoms with E-state index in [1.165, 1.54) is 69.3 Å². The zero-order valence-electron chi connectivity index (χ0n) is 25.7. The number of thiol groups is 1. The van der Waals surface area contributed by atoms with Gasteiger partial charge in [0.1, 0.15) is 35.2 Å². The van der Waals surface area contributed by atoms with Crippen LogP contribution in [0, 0.1) is 0 Å². The Morgan fingerprint density at radius 1 is 0.660 bits per heavy atom. The minimum Gasteiger partial charge on any atom is -0.467 e. The first-order chi connectivity index (χ1) is 22.3. The Labute approximate surface area is 284 Å². The monoisotopic (exact) mass is 707 g/mol. The SMILES string of the molecule is COC(=O)C(CSC(=O)C(CSC(=O)c1ccccc1OC(=O)c1ccccc1OC(=O)C(CS)NC(C)=O)NC(C)=O)NC(C)=O. The van der Waals surface area contributed by atoms with Gasteiger partial charge in [-0.05, 0) is 24.3 Å². The number of hydrogen-bond acceptors (Lipinski definition) is 14. The Balaban J connectivity index is 2.17. The van der Waals surface area contributed by atoms with Crippen molar-refractivity contribution >= 4 is 82.0 Å². The second-order valence-corrected chi connectivity index (χ2v) is 11.9. The number of esters is 3. The quantitative estimate of drug-likeness (QED) is 0.118. The van der Waals surface area contributed by atoms with Crippen LogP contribution in [0.2, 0.25) is 0 Å². The van der Waals surface area contributed by atoms with Gasteiger partial charge in [0, 0.05) is 38.0 Å². The third-order valence-electron chi connectivity index (χ3n) is 5.77. The summed E-state index contributed by atoms with van der Waals surface area (Å²) >= 11 is 5.38. The Hall–Kier alpha value is -4.35. The molecule has 2 aromatic rings.